The maximum absolute atomic E-state index is 11.4. The molecule has 0 saturated heterocycles. The third-order valence-electron chi connectivity index (χ3n) is 5.52. The summed E-state index contributed by atoms with van der Waals surface area (Å²) in [6.07, 6.45) is 13.0. The monoisotopic (exact) mass is 350 g/mol. The molecule has 1 aliphatic carbocycles. The molecule has 0 aliphatic heterocycles. The van der Waals surface area contributed by atoms with Gasteiger partial charge in [0.2, 0.25) is 0 Å². The zero-order valence-corrected chi connectivity index (χ0v) is 17.0. The fourth-order valence-corrected chi connectivity index (χ4v) is 3.77. The van der Waals surface area contributed by atoms with Crippen molar-refractivity contribution in [3.05, 3.63) is 23.3 Å². The third kappa shape index (κ3) is 7.35. The molecule has 3 nitrogen and oxygen atoms in total. The third-order valence-corrected chi connectivity index (χ3v) is 5.52. The molecule has 0 spiro atoms. The van der Waals surface area contributed by atoms with E-state index in [9.17, 15) is 4.79 Å². The van der Waals surface area contributed by atoms with E-state index in [-0.39, 0.29) is 11.6 Å². The van der Waals surface area contributed by atoms with Gasteiger partial charge in [-0.05, 0) is 57.4 Å². The molecule has 0 bridgehead atoms. The van der Waals surface area contributed by atoms with Gasteiger partial charge in [0, 0.05) is 12.7 Å². The largest absolute Gasteiger partial charge is 0.463 e. The van der Waals surface area contributed by atoms with Crippen LogP contribution in [0, 0.1) is 5.92 Å². The van der Waals surface area contributed by atoms with E-state index < -0.39 is 0 Å². The van der Waals surface area contributed by atoms with Gasteiger partial charge in [0.25, 0.3) is 0 Å². The van der Waals surface area contributed by atoms with Crippen LogP contribution in [0.5, 0.6) is 0 Å². The lowest BCUT2D eigenvalue weighted by molar-refractivity contribution is -0.137. The molecular formula is C22H38O3. The predicted molar refractivity (Wildman–Crippen MR) is 105 cm³/mol. The van der Waals surface area contributed by atoms with Gasteiger partial charge < -0.3 is 9.47 Å². The van der Waals surface area contributed by atoms with Crippen LogP contribution in [0.15, 0.2) is 23.3 Å². The van der Waals surface area contributed by atoms with Gasteiger partial charge in [0.05, 0.1) is 12.2 Å². The van der Waals surface area contributed by atoms with E-state index in [0.717, 1.165) is 50.2 Å². The lowest BCUT2D eigenvalue weighted by atomic mass is 9.81. The maximum atomic E-state index is 11.4. The fraction of sp³-hybridized carbons (Fsp3) is 0.773. The first kappa shape index (κ1) is 22.0. The second-order valence-corrected chi connectivity index (χ2v) is 7.14. The van der Waals surface area contributed by atoms with Crippen LogP contribution in [-0.4, -0.2) is 24.8 Å². The summed E-state index contributed by atoms with van der Waals surface area (Å²) in [6, 6.07) is 0. The van der Waals surface area contributed by atoms with E-state index in [1.165, 1.54) is 24.8 Å². The number of rotatable bonds is 13. The average molecular weight is 351 g/mol. The van der Waals surface area contributed by atoms with Crippen molar-refractivity contribution in [3.63, 3.8) is 0 Å². The van der Waals surface area contributed by atoms with E-state index in [4.69, 9.17) is 9.47 Å². The van der Waals surface area contributed by atoms with Crippen LogP contribution in [-0.2, 0) is 14.3 Å². The zero-order chi connectivity index (χ0) is 18.7. The van der Waals surface area contributed by atoms with Gasteiger partial charge in [0.15, 0.2) is 0 Å². The molecule has 1 unspecified atom stereocenters. The minimum absolute atomic E-state index is 0.0817. The van der Waals surface area contributed by atoms with E-state index in [1.807, 2.05) is 6.92 Å². The zero-order valence-electron chi connectivity index (χ0n) is 17.0. The Hall–Kier alpha value is -1.09. The summed E-state index contributed by atoms with van der Waals surface area (Å²) >= 11 is 0. The summed E-state index contributed by atoms with van der Waals surface area (Å²) in [4.78, 5) is 11.4. The summed E-state index contributed by atoms with van der Waals surface area (Å²) in [5.74, 6) is 0.523. The summed E-state index contributed by atoms with van der Waals surface area (Å²) in [7, 11) is 0. The molecule has 0 radical (unpaired) electrons. The Labute approximate surface area is 154 Å². The van der Waals surface area contributed by atoms with Crippen molar-refractivity contribution in [1.82, 2.24) is 0 Å². The van der Waals surface area contributed by atoms with E-state index in [0.29, 0.717) is 6.61 Å². The van der Waals surface area contributed by atoms with Gasteiger partial charge in [0.1, 0.15) is 0 Å². The van der Waals surface area contributed by atoms with Crippen LogP contribution < -0.4 is 0 Å². The molecule has 1 atom stereocenters. The summed E-state index contributed by atoms with van der Waals surface area (Å²) < 4.78 is 11.0. The molecule has 0 amide bonds. The molecule has 144 valence electrons. The van der Waals surface area contributed by atoms with Crippen molar-refractivity contribution in [1.29, 1.82) is 0 Å². The van der Waals surface area contributed by atoms with E-state index in [1.54, 1.807) is 6.08 Å². The van der Waals surface area contributed by atoms with Crippen LogP contribution in [0.1, 0.15) is 86.0 Å². The second-order valence-electron chi connectivity index (χ2n) is 7.14. The molecule has 0 heterocycles. The first-order valence-electron chi connectivity index (χ1n) is 10.2. The first-order chi connectivity index (χ1) is 12.0. The highest BCUT2D eigenvalue weighted by Crippen LogP contribution is 2.34. The quantitative estimate of drug-likeness (QED) is 0.302. The van der Waals surface area contributed by atoms with E-state index >= 15 is 0 Å². The van der Waals surface area contributed by atoms with Crippen LogP contribution in [0.4, 0.5) is 0 Å². The topological polar surface area (TPSA) is 35.5 Å². The van der Waals surface area contributed by atoms with Gasteiger partial charge in [-0.25, -0.2) is 4.79 Å². The Morgan fingerprint density at radius 2 is 1.88 bits per heavy atom. The summed E-state index contributed by atoms with van der Waals surface area (Å²) in [5.41, 5.74) is 2.67. The molecule has 1 aliphatic rings. The number of hydrogen-bond donors (Lipinski definition) is 0. The SMILES string of the molecule is CCOC(=O)/C=C1/C=C(CC(CC)CCCC(CC)(CC)OCC)C1. The predicted octanol–water partition coefficient (Wildman–Crippen LogP) is 5.99. The highest BCUT2D eigenvalue weighted by atomic mass is 16.5. The molecule has 0 saturated carbocycles. The lowest BCUT2D eigenvalue weighted by Gasteiger charge is -2.32. The van der Waals surface area contributed by atoms with Gasteiger partial charge in [-0.3, -0.25) is 0 Å². The van der Waals surface area contributed by atoms with Crippen molar-refractivity contribution in [2.75, 3.05) is 13.2 Å². The van der Waals surface area contributed by atoms with Crippen LogP contribution in [0.25, 0.3) is 0 Å². The van der Waals surface area contributed by atoms with Crippen molar-refractivity contribution >= 4 is 5.97 Å². The summed E-state index contributed by atoms with van der Waals surface area (Å²) in [6.45, 7) is 12.0. The number of ether oxygens (including phenoxy) is 2. The Kier molecular flexibility index (Phi) is 10.1. The molecule has 3 heteroatoms. The van der Waals surface area contributed by atoms with Crippen LogP contribution in [0.3, 0.4) is 0 Å². The number of allylic oxidation sites excluding steroid dienone is 3. The molecule has 25 heavy (non-hydrogen) atoms. The average Bonchev–Trinajstić information content (AvgIpc) is 2.57. The highest BCUT2D eigenvalue weighted by molar-refractivity contribution is 5.84. The minimum atomic E-state index is -0.216. The van der Waals surface area contributed by atoms with E-state index in [2.05, 4.69) is 33.8 Å². The number of carbonyl (C=O) groups excluding carboxylic acids is 1. The smallest absolute Gasteiger partial charge is 0.331 e. The molecule has 1 rings (SSSR count). The first-order valence-corrected chi connectivity index (χ1v) is 10.2. The summed E-state index contributed by atoms with van der Waals surface area (Å²) in [5, 5.41) is 0. The Morgan fingerprint density at radius 3 is 2.40 bits per heavy atom. The molecule has 0 aromatic carbocycles. The van der Waals surface area contributed by atoms with Gasteiger partial charge in [-0.2, -0.15) is 0 Å². The second kappa shape index (κ2) is 11.5. The molecular weight excluding hydrogens is 312 g/mol. The van der Waals surface area contributed by atoms with Crippen LogP contribution >= 0.6 is 0 Å². The standard InChI is InChI=1S/C22H38O3/c1-6-18(12-11-13-22(7-2,8-3)25-10-5)14-19-15-20(16-19)17-21(23)24-9-4/h15,17-18H,6-14,16H2,1-5H3/b20-17-. The number of hydrogen-bond acceptors (Lipinski definition) is 3. The number of carbonyl (C=O) groups is 1. The van der Waals surface area contributed by atoms with Crippen molar-refractivity contribution < 1.29 is 14.3 Å². The van der Waals surface area contributed by atoms with Crippen molar-refractivity contribution in [3.8, 4) is 0 Å². The van der Waals surface area contributed by atoms with Crippen molar-refractivity contribution in [2.45, 2.75) is 91.6 Å². The molecule has 0 fully saturated rings. The Bertz CT molecular complexity index is 458. The molecule has 0 N–H and O–H groups in total. The fourth-order valence-electron chi connectivity index (χ4n) is 3.77. The maximum Gasteiger partial charge on any atom is 0.331 e. The Morgan fingerprint density at radius 1 is 1.20 bits per heavy atom. The van der Waals surface area contributed by atoms with Crippen molar-refractivity contribution in [2.24, 2.45) is 5.92 Å². The molecule has 0 aromatic heterocycles. The Balaban J connectivity index is 2.42. The molecule has 0 aromatic rings. The van der Waals surface area contributed by atoms with Gasteiger partial charge in [-0.1, -0.05) is 51.7 Å². The van der Waals surface area contributed by atoms with Gasteiger partial charge >= 0.3 is 5.97 Å². The number of esters is 1. The lowest BCUT2D eigenvalue weighted by Crippen LogP contribution is -2.31. The minimum Gasteiger partial charge on any atom is -0.463 e. The highest BCUT2D eigenvalue weighted by Gasteiger charge is 2.26. The normalized spacial score (nSPS) is 17.2. The van der Waals surface area contributed by atoms with Crippen LogP contribution in [0.2, 0.25) is 0 Å². The van der Waals surface area contributed by atoms with Gasteiger partial charge in [-0.15, -0.1) is 0 Å².